The fourth-order valence-electron chi connectivity index (χ4n) is 2.06. The van der Waals surface area contributed by atoms with E-state index in [1.807, 2.05) is 45.0 Å². The second-order valence-electron chi connectivity index (χ2n) is 5.64. The van der Waals surface area contributed by atoms with Gasteiger partial charge in [-0.05, 0) is 30.9 Å². The number of aryl methyl sites for hydroxylation is 1. The zero-order valence-electron chi connectivity index (χ0n) is 14.0. The van der Waals surface area contributed by atoms with Gasteiger partial charge in [-0.15, -0.1) is 12.4 Å². The van der Waals surface area contributed by atoms with E-state index in [1.54, 1.807) is 11.9 Å². The van der Waals surface area contributed by atoms with Crippen molar-refractivity contribution in [1.82, 2.24) is 4.90 Å². The van der Waals surface area contributed by atoms with Crippen LogP contribution in [0.25, 0.3) is 0 Å². The summed E-state index contributed by atoms with van der Waals surface area (Å²) in [6.07, 6.45) is 1.71. The van der Waals surface area contributed by atoms with E-state index in [-0.39, 0.29) is 24.2 Å². The zero-order chi connectivity index (χ0) is 15.8. The van der Waals surface area contributed by atoms with Crippen LogP contribution >= 0.6 is 12.4 Å². The summed E-state index contributed by atoms with van der Waals surface area (Å²) in [5, 5.41) is 0. The number of halogens is 1. The van der Waals surface area contributed by atoms with Crippen LogP contribution in [-0.2, 0) is 4.79 Å². The number of hydrogen-bond donors (Lipinski definition) is 1. The van der Waals surface area contributed by atoms with E-state index >= 15 is 0 Å². The van der Waals surface area contributed by atoms with Gasteiger partial charge in [-0.2, -0.15) is 0 Å². The third-order valence-corrected chi connectivity index (χ3v) is 3.91. The highest BCUT2D eigenvalue weighted by Crippen LogP contribution is 2.16. The summed E-state index contributed by atoms with van der Waals surface area (Å²) >= 11 is 0. The molecule has 0 saturated heterocycles. The fraction of sp³-hybridized carbons (Fsp3) is 0.588. The first-order chi connectivity index (χ1) is 9.97. The van der Waals surface area contributed by atoms with Gasteiger partial charge in [0.1, 0.15) is 5.75 Å². The van der Waals surface area contributed by atoms with Crippen molar-refractivity contribution in [3.63, 3.8) is 0 Å². The Morgan fingerprint density at radius 2 is 2.00 bits per heavy atom. The zero-order valence-corrected chi connectivity index (χ0v) is 14.9. The lowest BCUT2D eigenvalue weighted by atomic mass is 9.99. The van der Waals surface area contributed by atoms with Crippen molar-refractivity contribution in [2.45, 2.75) is 39.7 Å². The largest absolute Gasteiger partial charge is 0.493 e. The molecule has 1 aromatic carbocycles. The third kappa shape index (κ3) is 6.24. The molecule has 1 amide bonds. The predicted octanol–water partition coefficient (Wildman–Crippen LogP) is 3.02. The number of carbonyl (C=O) groups excluding carboxylic acids is 1. The predicted molar refractivity (Wildman–Crippen MR) is 93.6 cm³/mol. The number of carbonyl (C=O) groups is 1. The highest BCUT2D eigenvalue weighted by molar-refractivity contribution is 5.85. The Morgan fingerprint density at radius 1 is 1.36 bits per heavy atom. The number of nitrogens with zero attached hydrogens (tertiary/aromatic N) is 1. The van der Waals surface area contributed by atoms with Crippen LogP contribution in [0.15, 0.2) is 24.3 Å². The van der Waals surface area contributed by atoms with Crippen LogP contribution < -0.4 is 10.5 Å². The van der Waals surface area contributed by atoms with E-state index in [9.17, 15) is 4.79 Å². The van der Waals surface area contributed by atoms with Gasteiger partial charge in [0.05, 0.1) is 12.6 Å². The van der Waals surface area contributed by atoms with Crippen LogP contribution in [-0.4, -0.2) is 37.0 Å². The number of ether oxygens (including phenoxy) is 1. The molecule has 0 bridgehead atoms. The normalized spacial score (nSPS) is 13.0. The maximum atomic E-state index is 12.1. The molecular formula is C17H29ClN2O2. The van der Waals surface area contributed by atoms with Crippen LogP contribution in [0.1, 0.15) is 32.3 Å². The van der Waals surface area contributed by atoms with Crippen molar-refractivity contribution >= 4 is 18.3 Å². The fourth-order valence-corrected chi connectivity index (χ4v) is 2.06. The van der Waals surface area contributed by atoms with Crippen LogP contribution in [0.5, 0.6) is 5.75 Å². The first-order valence-corrected chi connectivity index (χ1v) is 7.66. The maximum absolute atomic E-state index is 12.1. The summed E-state index contributed by atoms with van der Waals surface area (Å²) in [5.74, 6) is 1.13. The topological polar surface area (TPSA) is 55.6 Å². The number of hydrogen-bond acceptors (Lipinski definition) is 3. The smallest absolute Gasteiger partial charge is 0.239 e. The lowest BCUT2D eigenvalue weighted by molar-refractivity contribution is -0.132. The van der Waals surface area contributed by atoms with E-state index in [0.717, 1.165) is 24.2 Å². The van der Waals surface area contributed by atoms with Gasteiger partial charge < -0.3 is 15.4 Å². The van der Waals surface area contributed by atoms with E-state index in [2.05, 4.69) is 0 Å². The SMILES string of the molecule is CCC(C)C(N)C(=O)N(C)CCCOc1ccccc1C.Cl. The quantitative estimate of drug-likeness (QED) is 0.746. The highest BCUT2D eigenvalue weighted by Gasteiger charge is 2.22. The first-order valence-electron chi connectivity index (χ1n) is 7.66. The minimum Gasteiger partial charge on any atom is -0.493 e. The maximum Gasteiger partial charge on any atom is 0.239 e. The van der Waals surface area contributed by atoms with Crippen molar-refractivity contribution in [1.29, 1.82) is 0 Å². The molecule has 0 aliphatic heterocycles. The van der Waals surface area contributed by atoms with Gasteiger partial charge in [0, 0.05) is 13.6 Å². The number of rotatable bonds is 8. The van der Waals surface area contributed by atoms with E-state index in [0.29, 0.717) is 13.2 Å². The molecule has 0 heterocycles. The molecule has 0 aliphatic rings. The average molecular weight is 329 g/mol. The van der Waals surface area contributed by atoms with Gasteiger partial charge in [-0.25, -0.2) is 0 Å². The number of likely N-dealkylation sites (N-methyl/N-ethyl adjacent to an activating group) is 1. The standard InChI is InChI=1S/C17H28N2O2.ClH/c1-5-13(2)16(18)17(20)19(4)11-8-12-21-15-10-7-6-9-14(15)3;/h6-7,9-10,13,16H,5,8,11-12,18H2,1-4H3;1H. The first kappa shape index (κ1) is 20.7. The van der Waals surface area contributed by atoms with Crippen LogP contribution in [0.4, 0.5) is 0 Å². The minimum atomic E-state index is -0.405. The molecule has 2 atom stereocenters. The van der Waals surface area contributed by atoms with Crippen LogP contribution in [0, 0.1) is 12.8 Å². The lowest BCUT2D eigenvalue weighted by Crippen LogP contribution is -2.45. The number of benzene rings is 1. The number of nitrogens with two attached hydrogens (primary N) is 1. The molecule has 0 radical (unpaired) electrons. The Kier molecular flexibility index (Phi) is 9.86. The molecule has 126 valence electrons. The molecule has 0 aromatic heterocycles. The Hall–Kier alpha value is -1.26. The van der Waals surface area contributed by atoms with Gasteiger partial charge in [0.2, 0.25) is 5.91 Å². The summed E-state index contributed by atoms with van der Waals surface area (Å²) in [6.45, 7) is 7.34. The summed E-state index contributed by atoms with van der Waals surface area (Å²) in [7, 11) is 1.80. The molecule has 5 heteroatoms. The van der Waals surface area contributed by atoms with Crippen molar-refractivity contribution in [3.05, 3.63) is 29.8 Å². The molecular weight excluding hydrogens is 300 g/mol. The number of amides is 1. The Morgan fingerprint density at radius 3 is 2.59 bits per heavy atom. The molecule has 0 fully saturated rings. The summed E-state index contributed by atoms with van der Waals surface area (Å²) in [4.78, 5) is 13.8. The van der Waals surface area contributed by atoms with Gasteiger partial charge in [-0.3, -0.25) is 4.79 Å². The third-order valence-electron chi connectivity index (χ3n) is 3.91. The minimum absolute atomic E-state index is 0. The monoisotopic (exact) mass is 328 g/mol. The highest BCUT2D eigenvalue weighted by atomic mass is 35.5. The molecule has 4 nitrogen and oxygen atoms in total. The summed E-state index contributed by atoms with van der Waals surface area (Å²) < 4.78 is 5.73. The Balaban J connectivity index is 0.00000441. The van der Waals surface area contributed by atoms with Crippen molar-refractivity contribution in [3.8, 4) is 5.75 Å². The van der Waals surface area contributed by atoms with Gasteiger partial charge in [-0.1, -0.05) is 38.5 Å². The second kappa shape index (κ2) is 10.5. The molecule has 22 heavy (non-hydrogen) atoms. The molecule has 1 aromatic rings. The van der Waals surface area contributed by atoms with Crippen molar-refractivity contribution in [2.75, 3.05) is 20.2 Å². The molecule has 0 spiro atoms. The Bertz CT molecular complexity index is 454. The molecule has 0 saturated carbocycles. The van der Waals surface area contributed by atoms with Crippen molar-refractivity contribution in [2.24, 2.45) is 11.7 Å². The van der Waals surface area contributed by atoms with E-state index in [4.69, 9.17) is 10.5 Å². The van der Waals surface area contributed by atoms with Crippen LogP contribution in [0.3, 0.4) is 0 Å². The van der Waals surface area contributed by atoms with Gasteiger partial charge in [0.25, 0.3) is 0 Å². The molecule has 2 N–H and O–H groups in total. The van der Waals surface area contributed by atoms with E-state index < -0.39 is 6.04 Å². The summed E-state index contributed by atoms with van der Waals surface area (Å²) in [5.41, 5.74) is 7.09. The summed E-state index contributed by atoms with van der Waals surface area (Å²) in [6, 6.07) is 7.53. The van der Waals surface area contributed by atoms with E-state index in [1.165, 1.54) is 0 Å². The van der Waals surface area contributed by atoms with Gasteiger partial charge in [0.15, 0.2) is 0 Å². The second-order valence-corrected chi connectivity index (χ2v) is 5.64. The van der Waals surface area contributed by atoms with Crippen molar-refractivity contribution < 1.29 is 9.53 Å². The lowest BCUT2D eigenvalue weighted by Gasteiger charge is -2.24. The molecule has 0 aliphatic carbocycles. The average Bonchev–Trinajstić information content (AvgIpc) is 2.50. The molecule has 1 rings (SSSR count). The Labute approximate surface area is 140 Å². The molecule has 2 unspecified atom stereocenters. The van der Waals surface area contributed by atoms with Gasteiger partial charge >= 0.3 is 0 Å². The number of para-hydroxylation sites is 1. The van der Waals surface area contributed by atoms with Crippen LogP contribution in [0.2, 0.25) is 0 Å².